The van der Waals surface area contributed by atoms with E-state index in [0.29, 0.717) is 0 Å². The van der Waals surface area contributed by atoms with Gasteiger partial charge in [-0.1, -0.05) is 24.4 Å². The van der Waals surface area contributed by atoms with Crippen LogP contribution in [0.2, 0.25) is 5.02 Å². The summed E-state index contributed by atoms with van der Waals surface area (Å²) in [5.41, 5.74) is -0.196. The van der Waals surface area contributed by atoms with Crippen LogP contribution in [0.25, 0.3) is 0 Å². The van der Waals surface area contributed by atoms with Crippen LogP contribution in [0.4, 0.5) is 11.4 Å². The highest BCUT2D eigenvalue weighted by molar-refractivity contribution is 6.32. The molecule has 1 saturated carbocycles. The van der Waals surface area contributed by atoms with E-state index in [1.807, 2.05) is 6.07 Å². The number of nitro benzene ring substituents is 1. The molecule has 2 N–H and O–H groups in total. The zero-order valence-corrected chi connectivity index (χ0v) is 13.0. The Morgan fingerprint density at radius 2 is 2.13 bits per heavy atom. The number of halogens is 1. The molecule has 8 heteroatoms. The molecule has 0 aromatic heterocycles. The van der Waals surface area contributed by atoms with Crippen molar-refractivity contribution in [2.24, 2.45) is 0 Å². The Labute approximate surface area is 138 Å². The van der Waals surface area contributed by atoms with Gasteiger partial charge in [-0.25, -0.2) is 0 Å². The molecule has 0 spiro atoms. The lowest BCUT2D eigenvalue weighted by molar-refractivity contribution is -0.384. The molecule has 0 unspecified atom stereocenters. The summed E-state index contributed by atoms with van der Waals surface area (Å²) in [6.07, 6.45) is 5.69. The molecule has 120 valence electrons. The van der Waals surface area contributed by atoms with Crippen molar-refractivity contribution in [2.75, 3.05) is 5.32 Å². The van der Waals surface area contributed by atoms with Gasteiger partial charge in [0.25, 0.3) is 11.6 Å². The van der Waals surface area contributed by atoms with Crippen molar-refractivity contribution >= 4 is 28.9 Å². The maximum Gasteiger partial charge on any atom is 0.289 e. The first-order valence-corrected chi connectivity index (χ1v) is 7.50. The highest BCUT2D eigenvalue weighted by atomic mass is 35.5. The van der Waals surface area contributed by atoms with Gasteiger partial charge in [-0.2, -0.15) is 5.26 Å². The van der Waals surface area contributed by atoms with Gasteiger partial charge in [0, 0.05) is 24.0 Å². The molecule has 0 radical (unpaired) electrons. The normalized spacial score (nSPS) is 15.0. The lowest BCUT2D eigenvalue weighted by atomic mass is 10.2. The Morgan fingerprint density at radius 3 is 2.74 bits per heavy atom. The molecule has 1 fully saturated rings. The van der Waals surface area contributed by atoms with Crippen molar-refractivity contribution in [1.29, 1.82) is 5.26 Å². The van der Waals surface area contributed by atoms with Crippen molar-refractivity contribution in [3.63, 3.8) is 0 Å². The summed E-state index contributed by atoms with van der Waals surface area (Å²) >= 11 is 5.71. The van der Waals surface area contributed by atoms with E-state index in [4.69, 9.17) is 16.9 Å². The van der Waals surface area contributed by atoms with Crippen molar-refractivity contribution in [3.05, 3.63) is 45.1 Å². The van der Waals surface area contributed by atoms with Crippen molar-refractivity contribution in [2.45, 2.75) is 31.7 Å². The molecule has 0 aliphatic heterocycles. The van der Waals surface area contributed by atoms with Crippen LogP contribution in [-0.2, 0) is 4.79 Å². The second kappa shape index (κ2) is 7.61. The minimum atomic E-state index is -0.638. The molecule has 2 rings (SSSR count). The molecule has 1 amide bonds. The van der Waals surface area contributed by atoms with Gasteiger partial charge in [0.05, 0.1) is 4.92 Å². The molecule has 0 saturated heterocycles. The number of anilines is 1. The summed E-state index contributed by atoms with van der Waals surface area (Å²) in [4.78, 5) is 22.3. The molecule has 23 heavy (non-hydrogen) atoms. The quantitative estimate of drug-likeness (QED) is 0.372. The summed E-state index contributed by atoms with van der Waals surface area (Å²) < 4.78 is 0. The van der Waals surface area contributed by atoms with Crippen LogP contribution in [0.5, 0.6) is 0 Å². The van der Waals surface area contributed by atoms with Gasteiger partial charge in [0.15, 0.2) is 0 Å². The Hall–Kier alpha value is -2.59. The van der Waals surface area contributed by atoms with Gasteiger partial charge in [-0.15, -0.1) is 0 Å². The summed E-state index contributed by atoms with van der Waals surface area (Å²) in [6, 6.07) is 6.01. The number of amides is 1. The number of nitrogens with zero attached hydrogens (tertiary/aromatic N) is 2. The van der Waals surface area contributed by atoms with Crippen molar-refractivity contribution < 1.29 is 9.72 Å². The van der Waals surface area contributed by atoms with Gasteiger partial charge in [0.1, 0.15) is 16.7 Å². The number of benzene rings is 1. The Bertz CT molecular complexity index is 690. The third kappa shape index (κ3) is 4.44. The summed E-state index contributed by atoms with van der Waals surface area (Å²) in [5.74, 6) is -0.630. The minimum absolute atomic E-state index is 0.0213. The SMILES string of the molecule is N#C/C(=C/NC1CCCC1)C(=O)Nc1ccc(Cl)c([N+](=O)[O-])c1. The minimum Gasteiger partial charge on any atom is -0.387 e. The molecule has 0 atom stereocenters. The van der Waals surface area contributed by atoms with Crippen molar-refractivity contribution in [3.8, 4) is 6.07 Å². The Morgan fingerprint density at radius 1 is 1.43 bits per heavy atom. The van der Waals surface area contributed by atoms with Crippen LogP contribution in [0.15, 0.2) is 30.0 Å². The smallest absolute Gasteiger partial charge is 0.289 e. The first kappa shape index (κ1) is 16.8. The average Bonchev–Trinajstić information content (AvgIpc) is 3.03. The number of nitrogens with one attached hydrogen (secondary N) is 2. The van der Waals surface area contributed by atoms with Crippen LogP contribution in [0.3, 0.4) is 0 Å². The number of nitro groups is 1. The molecule has 1 aromatic carbocycles. The maximum absolute atomic E-state index is 12.1. The number of hydrogen-bond donors (Lipinski definition) is 2. The summed E-state index contributed by atoms with van der Waals surface area (Å²) in [5, 5.41) is 25.4. The van der Waals surface area contributed by atoms with E-state index in [-0.39, 0.29) is 28.0 Å². The number of rotatable bonds is 5. The lowest BCUT2D eigenvalue weighted by Gasteiger charge is -2.09. The van der Waals surface area contributed by atoms with E-state index in [2.05, 4.69) is 10.6 Å². The van der Waals surface area contributed by atoms with E-state index in [9.17, 15) is 14.9 Å². The second-order valence-electron chi connectivity index (χ2n) is 5.20. The molecule has 1 aromatic rings. The van der Waals surface area contributed by atoms with E-state index < -0.39 is 10.8 Å². The monoisotopic (exact) mass is 334 g/mol. The zero-order valence-electron chi connectivity index (χ0n) is 12.2. The van der Waals surface area contributed by atoms with Crippen LogP contribution in [0.1, 0.15) is 25.7 Å². The van der Waals surface area contributed by atoms with E-state index >= 15 is 0 Å². The second-order valence-corrected chi connectivity index (χ2v) is 5.60. The highest BCUT2D eigenvalue weighted by Gasteiger charge is 2.17. The van der Waals surface area contributed by atoms with E-state index in [1.165, 1.54) is 18.3 Å². The standard InChI is InChI=1S/C15H15ClN4O3/c16-13-6-5-12(7-14(13)20(22)23)19-15(21)10(8-17)9-18-11-3-1-2-4-11/h5-7,9,11,18H,1-4H2,(H,19,21)/b10-9-. The predicted molar refractivity (Wildman–Crippen MR) is 85.8 cm³/mol. The first-order chi connectivity index (χ1) is 11.0. The largest absolute Gasteiger partial charge is 0.387 e. The lowest BCUT2D eigenvalue weighted by Crippen LogP contribution is -2.23. The molecule has 1 aliphatic rings. The molecule has 0 heterocycles. The fourth-order valence-corrected chi connectivity index (χ4v) is 2.56. The van der Waals surface area contributed by atoms with Gasteiger partial charge in [-0.05, 0) is 25.0 Å². The summed E-state index contributed by atoms with van der Waals surface area (Å²) in [6.45, 7) is 0. The van der Waals surface area contributed by atoms with Gasteiger partial charge in [0.2, 0.25) is 0 Å². The molecule has 0 bridgehead atoms. The van der Waals surface area contributed by atoms with Crippen LogP contribution < -0.4 is 10.6 Å². The van der Waals surface area contributed by atoms with Crippen LogP contribution in [0, 0.1) is 21.4 Å². The Balaban J connectivity index is 2.07. The fraction of sp³-hybridized carbons (Fsp3) is 0.333. The maximum atomic E-state index is 12.1. The number of nitriles is 1. The average molecular weight is 335 g/mol. The topological polar surface area (TPSA) is 108 Å². The van der Waals surface area contributed by atoms with Gasteiger partial charge in [-0.3, -0.25) is 14.9 Å². The number of hydrogen-bond acceptors (Lipinski definition) is 5. The van der Waals surface area contributed by atoms with Gasteiger partial charge < -0.3 is 10.6 Å². The zero-order chi connectivity index (χ0) is 16.8. The third-order valence-corrected chi connectivity index (χ3v) is 3.90. The predicted octanol–water partition coefficient (Wildman–Crippen LogP) is 3.13. The number of carbonyl (C=O) groups excluding carboxylic acids is 1. The fourth-order valence-electron chi connectivity index (χ4n) is 2.37. The van der Waals surface area contributed by atoms with Crippen LogP contribution >= 0.6 is 11.6 Å². The molecular weight excluding hydrogens is 320 g/mol. The van der Waals surface area contributed by atoms with Gasteiger partial charge >= 0.3 is 0 Å². The van der Waals surface area contributed by atoms with Crippen LogP contribution in [-0.4, -0.2) is 16.9 Å². The van der Waals surface area contributed by atoms with E-state index in [0.717, 1.165) is 31.7 Å². The number of carbonyl (C=O) groups is 1. The molecule has 1 aliphatic carbocycles. The Kier molecular flexibility index (Phi) is 5.55. The first-order valence-electron chi connectivity index (χ1n) is 7.13. The molecule has 7 nitrogen and oxygen atoms in total. The van der Waals surface area contributed by atoms with Crippen molar-refractivity contribution in [1.82, 2.24) is 5.32 Å². The van der Waals surface area contributed by atoms with E-state index in [1.54, 1.807) is 0 Å². The molecular formula is C15H15ClN4O3. The highest BCUT2D eigenvalue weighted by Crippen LogP contribution is 2.27. The third-order valence-electron chi connectivity index (χ3n) is 3.58. The summed E-state index contributed by atoms with van der Waals surface area (Å²) in [7, 11) is 0.